The van der Waals surface area contributed by atoms with E-state index >= 15 is 0 Å². The highest BCUT2D eigenvalue weighted by atomic mass is 14.8. The third kappa shape index (κ3) is 1.50. The third-order valence-electron chi connectivity index (χ3n) is 7.24. The summed E-state index contributed by atoms with van der Waals surface area (Å²) in [5, 5.41) is 0. The Hall–Kier alpha value is 0. The molecule has 0 radical (unpaired) electrons. The molecule has 2 spiro atoms. The Labute approximate surface area is 113 Å². The standard InChI is InChI=1S/C18H30/c1-2-3-4-5-6-7-8-16-9-15-10-17(12-16)14-18(17,11-15)13-16/h15H,2-14H2,1H3/t15?,16?,17-,18+. The molecule has 5 aliphatic carbocycles. The van der Waals surface area contributed by atoms with E-state index in [0.717, 1.165) is 16.2 Å². The molecule has 0 nitrogen and oxygen atoms in total. The van der Waals surface area contributed by atoms with Gasteiger partial charge in [-0.05, 0) is 67.1 Å². The molecule has 0 heteroatoms. The first-order chi connectivity index (χ1) is 8.72. The van der Waals surface area contributed by atoms with Gasteiger partial charge in [-0.25, -0.2) is 0 Å². The maximum Gasteiger partial charge on any atom is -0.0227 e. The van der Waals surface area contributed by atoms with Gasteiger partial charge < -0.3 is 0 Å². The molecule has 4 bridgehead atoms. The predicted octanol–water partition coefficient (Wildman–Crippen LogP) is 5.71. The lowest BCUT2D eigenvalue weighted by molar-refractivity contribution is 0.0754. The van der Waals surface area contributed by atoms with Gasteiger partial charge in [-0.15, -0.1) is 0 Å². The van der Waals surface area contributed by atoms with Crippen LogP contribution in [0.25, 0.3) is 0 Å². The number of hydrogen-bond acceptors (Lipinski definition) is 0. The summed E-state index contributed by atoms with van der Waals surface area (Å²) >= 11 is 0. The smallest absolute Gasteiger partial charge is 0.0227 e. The molecule has 0 aromatic heterocycles. The first kappa shape index (κ1) is 11.8. The molecule has 0 aromatic carbocycles. The van der Waals surface area contributed by atoms with Crippen LogP contribution in [0.3, 0.4) is 0 Å². The van der Waals surface area contributed by atoms with E-state index in [-0.39, 0.29) is 0 Å². The molecule has 0 heterocycles. The molecule has 5 aliphatic rings. The van der Waals surface area contributed by atoms with Crippen LogP contribution in [0.1, 0.15) is 90.4 Å². The second-order valence-electron chi connectivity index (χ2n) is 8.59. The SMILES string of the molecule is CCCCCCCCC12CC3C[C@]4(C1)C[C@@]4(C3)C2. The van der Waals surface area contributed by atoms with Crippen molar-refractivity contribution in [3.05, 3.63) is 0 Å². The van der Waals surface area contributed by atoms with Gasteiger partial charge in [0.2, 0.25) is 0 Å². The summed E-state index contributed by atoms with van der Waals surface area (Å²) in [5.74, 6) is 1.17. The normalized spacial score (nSPS) is 50.8. The van der Waals surface area contributed by atoms with Crippen molar-refractivity contribution in [2.24, 2.45) is 22.2 Å². The Kier molecular flexibility index (Phi) is 2.47. The lowest BCUT2D eigenvalue weighted by atomic mass is 9.62. The lowest BCUT2D eigenvalue weighted by Gasteiger charge is -2.43. The predicted molar refractivity (Wildman–Crippen MR) is 76.5 cm³/mol. The third-order valence-corrected chi connectivity index (χ3v) is 7.24. The van der Waals surface area contributed by atoms with E-state index in [1.807, 2.05) is 0 Å². The Morgan fingerprint density at radius 1 is 0.778 bits per heavy atom. The van der Waals surface area contributed by atoms with E-state index in [2.05, 4.69) is 6.92 Å². The second kappa shape index (κ2) is 3.76. The van der Waals surface area contributed by atoms with E-state index in [9.17, 15) is 0 Å². The summed E-state index contributed by atoms with van der Waals surface area (Å²) < 4.78 is 0. The Bertz CT molecular complexity index is 324. The molecule has 0 aromatic rings. The summed E-state index contributed by atoms with van der Waals surface area (Å²) in [6, 6.07) is 0. The molecular formula is C18H30. The van der Waals surface area contributed by atoms with Gasteiger partial charge in [-0.1, -0.05) is 45.4 Å². The molecule has 18 heavy (non-hydrogen) atoms. The molecule has 102 valence electrons. The van der Waals surface area contributed by atoms with Crippen molar-refractivity contribution in [2.75, 3.05) is 0 Å². The highest BCUT2D eigenvalue weighted by molar-refractivity contribution is 5.30. The molecule has 5 saturated carbocycles. The van der Waals surface area contributed by atoms with Gasteiger partial charge in [-0.3, -0.25) is 0 Å². The van der Waals surface area contributed by atoms with E-state index in [4.69, 9.17) is 0 Å². The quantitative estimate of drug-likeness (QED) is 0.505. The van der Waals surface area contributed by atoms with Crippen LogP contribution in [0, 0.1) is 22.2 Å². The number of hydrogen-bond donors (Lipinski definition) is 0. The average Bonchev–Trinajstić information content (AvgIpc) is 2.71. The molecule has 0 aliphatic heterocycles. The Balaban J connectivity index is 1.27. The second-order valence-corrected chi connectivity index (χ2v) is 8.59. The van der Waals surface area contributed by atoms with Gasteiger partial charge in [0.05, 0.1) is 0 Å². The maximum absolute atomic E-state index is 2.32. The van der Waals surface area contributed by atoms with Crippen LogP contribution < -0.4 is 0 Å². The molecule has 0 amide bonds. The van der Waals surface area contributed by atoms with Crippen LogP contribution in [-0.4, -0.2) is 0 Å². The van der Waals surface area contributed by atoms with Crippen molar-refractivity contribution in [3.8, 4) is 0 Å². The first-order valence-corrected chi connectivity index (χ1v) is 8.72. The molecule has 0 saturated heterocycles. The highest BCUT2D eigenvalue weighted by Crippen LogP contribution is 2.90. The number of rotatable bonds is 7. The minimum atomic E-state index is 0.865. The number of unbranched alkanes of at least 4 members (excludes halogenated alkanes) is 5. The zero-order valence-electron chi connectivity index (χ0n) is 12.3. The van der Waals surface area contributed by atoms with Crippen molar-refractivity contribution >= 4 is 0 Å². The first-order valence-electron chi connectivity index (χ1n) is 8.72. The zero-order valence-corrected chi connectivity index (χ0v) is 12.3. The van der Waals surface area contributed by atoms with E-state index < -0.39 is 0 Å². The summed E-state index contributed by atoms with van der Waals surface area (Å²) in [5.41, 5.74) is 2.72. The van der Waals surface area contributed by atoms with Gasteiger partial charge in [0.1, 0.15) is 0 Å². The van der Waals surface area contributed by atoms with Crippen LogP contribution >= 0.6 is 0 Å². The van der Waals surface area contributed by atoms with Crippen molar-refractivity contribution in [1.29, 1.82) is 0 Å². The van der Waals surface area contributed by atoms with Crippen LogP contribution in [0.4, 0.5) is 0 Å². The Morgan fingerprint density at radius 3 is 2.11 bits per heavy atom. The maximum atomic E-state index is 2.32. The van der Waals surface area contributed by atoms with Gasteiger partial charge in [-0.2, -0.15) is 0 Å². The van der Waals surface area contributed by atoms with Gasteiger partial charge >= 0.3 is 0 Å². The highest BCUT2D eigenvalue weighted by Gasteiger charge is 2.81. The van der Waals surface area contributed by atoms with Crippen LogP contribution in [-0.2, 0) is 0 Å². The fraction of sp³-hybridized carbons (Fsp3) is 1.00. The monoisotopic (exact) mass is 246 g/mol. The molecule has 2 unspecified atom stereocenters. The topological polar surface area (TPSA) is 0 Å². The minimum Gasteiger partial charge on any atom is -0.0654 e. The van der Waals surface area contributed by atoms with Crippen molar-refractivity contribution in [1.82, 2.24) is 0 Å². The van der Waals surface area contributed by atoms with Gasteiger partial charge in [0.25, 0.3) is 0 Å². The fourth-order valence-corrected chi connectivity index (χ4v) is 6.96. The van der Waals surface area contributed by atoms with Crippen LogP contribution in [0.2, 0.25) is 0 Å². The molecular weight excluding hydrogens is 216 g/mol. The fourth-order valence-electron chi connectivity index (χ4n) is 6.96. The summed E-state index contributed by atoms with van der Waals surface area (Å²) in [7, 11) is 0. The molecule has 0 N–H and O–H groups in total. The zero-order chi connectivity index (χ0) is 12.3. The van der Waals surface area contributed by atoms with Crippen molar-refractivity contribution < 1.29 is 0 Å². The van der Waals surface area contributed by atoms with Crippen molar-refractivity contribution in [3.63, 3.8) is 0 Å². The van der Waals surface area contributed by atoms with E-state index in [1.165, 1.54) is 38.0 Å². The minimum absolute atomic E-state index is 0.865. The van der Waals surface area contributed by atoms with Crippen LogP contribution in [0.15, 0.2) is 0 Å². The summed E-state index contributed by atoms with van der Waals surface area (Å²) in [4.78, 5) is 0. The van der Waals surface area contributed by atoms with E-state index in [0.29, 0.717) is 0 Å². The summed E-state index contributed by atoms with van der Waals surface area (Å²) in [6.45, 7) is 2.32. The lowest BCUT2D eigenvalue weighted by Crippen LogP contribution is -2.32. The molecule has 5 fully saturated rings. The van der Waals surface area contributed by atoms with Crippen molar-refractivity contribution in [2.45, 2.75) is 90.4 Å². The van der Waals surface area contributed by atoms with Gasteiger partial charge in [0, 0.05) is 0 Å². The van der Waals surface area contributed by atoms with Crippen LogP contribution in [0.5, 0.6) is 0 Å². The average molecular weight is 246 g/mol. The Morgan fingerprint density at radius 2 is 1.44 bits per heavy atom. The summed E-state index contributed by atoms with van der Waals surface area (Å²) in [6.07, 6.45) is 20.4. The van der Waals surface area contributed by atoms with E-state index in [1.54, 1.807) is 51.4 Å². The largest absolute Gasteiger partial charge is 0.0654 e. The van der Waals surface area contributed by atoms with Gasteiger partial charge in [0.15, 0.2) is 0 Å². The molecule has 4 atom stereocenters. The molecule has 5 rings (SSSR count).